The van der Waals surface area contributed by atoms with Crippen molar-refractivity contribution in [3.8, 4) is 0 Å². The van der Waals surface area contributed by atoms with E-state index >= 15 is 0 Å². The fourth-order valence-corrected chi connectivity index (χ4v) is 2.75. The number of nitrogen functional groups attached to an aromatic ring is 1. The van der Waals surface area contributed by atoms with Crippen LogP contribution in [0.4, 0.5) is 5.69 Å². The minimum Gasteiger partial charge on any atom is -0.399 e. The normalized spacial score (nSPS) is 11.8. The van der Waals surface area contributed by atoms with Crippen LogP contribution in [0.25, 0.3) is 0 Å². The van der Waals surface area contributed by atoms with Gasteiger partial charge in [0.25, 0.3) is 0 Å². The number of ether oxygens (including phenoxy) is 5. The van der Waals surface area contributed by atoms with Crippen molar-refractivity contribution in [2.75, 3.05) is 71.8 Å². The Morgan fingerprint density at radius 3 is 1.43 bits per heavy atom. The van der Waals surface area contributed by atoms with E-state index in [1.807, 2.05) is 12.1 Å². The molecule has 0 aromatic heterocycles. The first-order valence-electron chi connectivity index (χ1n) is 11.2. The van der Waals surface area contributed by atoms with Crippen LogP contribution in [0.5, 0.6) is 0 Å². The fourth-order valence-electron chi connectivity index (χ4n) is 2.75. The van der Waals surface area contributed by atoms with Gasteiger partial charge in [0.05, 0.1) is 52.9 Å². The van der Waals surface area contributed by atoms with Crippen LogP contribution in [0, 0.1) is 5.41 Å². The third kappa shape index (κ3) is 17.7. The molecule has 6 nitrogen and oxygen atoms in total. The third-order valence-electron chi connectivity index (χ3n) is 4.44. The number of hydrogen-bond acceptors (Lipinski definition) is 6. The predicted molar refractivity (Wildman–Crippen MR) is 122 cm³/mol. The van der Waals surface area contributed by atoms with Gasteiger partial charge in [0, 0.05) is 18.9 Å². The van der Waals surface area contributed by atoms with Crippen molar-refractivity contribution >= 4 is 5.69 Å². The number of aryl methyl sites for hydroxylation is 1. The first kappa shape index (κ1) is 26.9. The second-order valence-corrected chi connectivity index (χ2v) is 8.57. The smallest absolute Gasteiger partial charge is 0.0701 e. The Balaban J connectivity index is 1.71. The highest BCUT2D eigenvalue weighted by Crippen LogP contribution is 2.20. The second kappa shape index (κ2) is 17.5. The van der Waals surface area contributed by atoms with Gasteiger partial charge >= 0.3 is 0 Å². The summed E-state index contributed by atoms with van der Waals surface area (Å²) >= 11 is 0. The molecule has 0 atom stereocenters. The Morgan fingerprint density at radius 2 is 1.00 bits per heavy atom. The number of nitrogens with two attached hydrogens (primary N) is 1. The van der Waals surface area contributed by atoms with Gasteiger partial charge in [-0.3, -0.25) is 0 Å². The standard InChI is InChI=1S/C24H43NO5/c1-24(2,3)11-5-13-27-15-17-29-19-21-30-20-18-28-16-14-26-12-4-6-22-7-9-23(25)10-8-22/h7-10H,4-6,11-21,25H2,1-3H3. The van der Waals surface area contributed by atoms with Gasteiger partial charge in [0.2, 0.25) is 0 Å². The van der Waals surface area contributed by atoms with Gasteiger partial charge in [0.1, 0.15) is 0 Å². The average molecular weight is 426 g/mol. The summed E-state index contributed by atoms with van der Waals surface area (Å²) in [6, 6.07) is 7.99. The molecule has 0 aliphatic heterocycles. The summed E-state index contributed by atoms with van der Waals surface area (Å²) in [6.45, 7) is 13.1. The number of rotatable bonds is 19. The summed E-state index contributed by atoms with van der Waals surface area (Å²) in [7, 11) is 0. The van der Waals surface area contributed by atoms with Crippen molar-refractivity contribution in [2.24, 2.45) is 5.41 Å². The number of hydrogen-bond donors (Lipinski definition) is 1. The molecule has 6 heteroatoms. The molecule has 174 valence electrons. The van der Waals surface area contributed by atoms with Crippen LogP contribution in [-0.2, 0) is 30.1 Å². The fraction of sp³-hybridized carbons (Fsp3) is 0.750. The lowest BCUT2D eigenvalue weighted by atomic mass is 9.91. The van der Waals surface area contributed by atoms with E-state index in [-0.39, 0.29) is 0 Å². The van der Waals surface area contributed by atoms with Gasteiger partial charge in [-0.25, -0.2) is 0 Å². The maximum Gasteiger partial charge on any atom is 0.0701 e. The number of anilines is 1. The van der Waals surface area contributed by atoms with E-state index in [4.69, 9.17) is 29.4 Å². The van der Waals surface area contributed by atoms with E-state index in [1.54, 1.807) is 0 Å². The molecule has 0 bridgehead atoms. The SMILES string of the molecule is CC(C)(C)CCCOCCOCCOCCOCCOCCCc1ccc(N)cc1. The Hall–Kier alpha value is -1.18. The Kier molecular flexibility index (Phi) is 15.7. The maximum absolute atomic E-state index is 5.68. The Bertz CT molecular complexity index is 501. The van der Waals surface area contributed by atoms with Crippen LogP contribution in [0.3, 0.4) is 0 Å². The highest BCUT2D eigenvalue weighted by molar-refractivity contribution is 5.39. The largest absolute Gasteiger partial charge is 0.399 e. The quantitative estimate of drug-likeness (QED) is 0.266. The summed E-state index contributed by atoms with van der Waals surface area (Å²) in [6.07, 6.45) is 4.27. The van der Waals surface area contributed by atoms with E-state index in [0.29, 0.717) is 58.3 Å². The van der Waals surface area contributed by atoms with Crippen molar-refractivity contribution < 1.29 is 23.7 Å². The lowest BCUT2D eigenvalue weighted by molar-refractivity contribution is -0.0116. The molecule has 0 radical (unpaired) electrons. The molecule has 0 spiro atoms. The molecule has 0 aliphatic carbocycles. The van der Waals surface area contributed by atoms with E-state index < -0.39 is 0 Å². The molecule has 0 amide bonds. The van der Waals surface area contributed by atoms with Crippen molar-refractivity contribution in [3.05, 3.63) is 29.8 Å². The first-order valence-corrected chi connectivity index (χ1v) is 11.2. The lowest BCUT2D eigenvalue weighted by Crippen LogP contribution is -2.13. The van der Waals surface area contributed by atoms with Crippen LogP contribution in [-0.4, -0.2) is 66.1 Å². The highest BCUT2D eigenvalue weighted by Gasteiger charge is 2.08. The predicted octanol–water partition coefficient (Wildman–Crippen LogP) is 4.11. The summed E-state index contributed by atoms with van der Waals surface area (Å²) in [5.74, 6) is 0. The Morgan fingerprint density at radius 1 is 0.600 bits per heavy atom. The molecular weight excluding hydrogens is 382 g/mol. The van der Waals surface area contributed by atoms with Crippen molar-refractivity contribution in [2.45, 2.75) is 46.5 Å². The number of benzene rings is 1. The zero-order valence-corrected chi connectivity index (χ0v) is 19.3. The van der Waals surface area contributed by atoms with Crippen LogP contribution >= 0.6 is 0 Å². The molecule has 0 fully saturated rings. The van der Waals surface area contributed by atoms with Gasteiger partial charge < -0.3 is 29.4 Å². The maximum atomic E-state index is 5.68. The van der Waals surface area contributed by atoms with Gasteiger partial charge in [-0.15, -0.1) is 0 Å². The molecule has 0 saturated carbocycles. The van der Waals surface area contributed by atoms with E-state index in [1.165, 1.54) is 12.0 Å². The van der Waals surface area contributed by atoms with Crippen LogP contribution in [0.2, 0.25) is 0 Å². The summed E-state index contributed by atoms with van der Waals surface area (Å²) < 4.78 is 27.6. The summed E-state index contributed by atoms with van der Waals surface area (Å²) in [4.78, 5) is 0. The zero-order chi connectivity index (χ0) is 21.9. The van der Waals surface area contributed by atoms with Gasteiger partial charge in [0.15, 0.2) is 0 Å². The van der Waals surface area contributed by atoms with Gasteiger partial charge in [-0.2, -0.15) is 0 Å². The van der Waals surface area contributed by atoms with Crippen molar-refractivity contribution in [3.63, 3.8) is 0 Å². The van der Waals surface area contributed by atoms with Crippen LogP contribution in [0.15, 0.2) is 24.3 Å². The van der Waals surface area contributed by atoms with E-state index in [9.17, 15) is 0 Å². The summed E-state index contributed by atoms with van der Waals surface area (Å²) in [5, 5.41) is 0. The third-order valence-corrected chi connectivity index (χ3v) is 4.44. The molecule has 1 aromatic carbocycles. The molecule has 1 aromatic rings. The van der Waals surface area contributed by atoms with E-state index in [2.05, 4.69) is 32.9 Å². The van der Waals surface area contributed by atoms with Crippen LogP contribution in [0.1, 0.15) is 45.6 Å². The van der Waals surface area contributed by atoms with Gasteiger partial charge in [-0.05, 0) is 48.8 Å². The van der Waals surface area contributed by atoms with Crippen LogP contribution < -0.4 is 5.73 Å². The topological polar surface area (TPSA) is 72.2 Å². The van der Waals surface area contributed by atoms with E-state index in [0.717, 1.165) is 38.2 Å². The highest BCUT2D eigenvalue weighted by atomic mass is 16.6. The monoisotopic (exact) mass is 425 g/mol. The lowest BCUT2D eigenvalue weighted by Gasteiger charge is -2.17. The molecule has 0 aliphatic rings. The molecular formula is C24H43NO5. The average Bonchev–Trinajstić information content (AvgIpc) is 2.70. The molecule has 0 heterocycles. The Labute approximate surface area is 183 Å². The second-order valence-electron chi connectivity index (χ2n) is 8.57. The van der Waals surface area contributed by atoms with Gasteiger partial charge in [-0.1, -0.05) is 32.9 Å². The minimum absolute atomic E-state index is 0.382. The first-order chi connectivity index (χ1) is 14.5. The zero-order valence-electron chi connectivity index (χ0n) is 19.3. The molecule has 1 rings (SSSR count). The molecule has 0 saturated heterocycles. The van der Waals surface area contributed by atoms with Crippen molar-refractivity contribution in [1.82, 2.24) is 0 Å². The molecule has 2 N–H and O–H groups in total. The molecule has 30 heavy (non-hydrogen) atoms. The minimum atomic E-state index is 0.382. The molecule has 0 unspecified atom stereocenters. The van der Waals surface area contributed by atoms with Crippen molar-refractivity contribution in [1.29, 1.82) is 0 Å². The summed E-state index contributed by atoms with van der Waals surface area (Å²) in [5.41, 5.74) is 8.15.